The molecule has 4 rings (SSSR count). The topological polar surface area (TPSA) is 88.4 Å². The number of hydrogen-bond acceptors (Lipinski definition) is 9. The molecule has 1 aromatic heterocycles. The molecule has 3 aromatic rings. The van der Waals surface area contributed by atoms with Crippen LogP contribution in [0.15, 0.2) is 62.4 Å². The quantitative estimate of drug-likeness (QED) is 0.308. The Kier molecular flexibility index (Phi) is 8.32. The highest BCUT2D eigenvalue weighted by Gasteiger charge is 2.33. The molecular formula is C28H30N2O6S2. The molecule has 1 aliphatic rings. The van der Waals surface area contributed by atoms with Crippen molar-refractivity contribution < 1.29 is 23.7 Å². The largest absolute Gasteiger partial charge is 0.496 e. The van der Waals surface area contributed by atoms with Crippen molar-refractivity contribution in [3.8, 4) is 17.2 Å². The predicted octanol–water partition coefficient (Wildman–Crippen LogP) is 3.93. The average molecular weight is 555 g/mol. The molecule has 0 aliphatic carbocycles. The minimum absolute atomic E-state index is 0.282. The number of fused-ring (bicyclic) bond motifs is 1. The van der Waals surface area contributed by atoms with E-state index in [9.17, 15) is 9.59 Å². The maximum Gasteiger partial charge on any atom is 0.338 e. The van der Waals surface area contributed by atoms with E-state index >= 15 is 0 Å². The van der Waals surface area contributed by atoms with Gasteiger partial charge in [0, 0.05) is 17.0 Å². The first-order valence-electron chi connectivity index (χ1n) is 11.9. The molecule has 1 atom stereocenters. The summed E-state index contributed by atoms with van der Waals surface area (Å²) in [6.45, 7) is 5.36. The van der Waals surface area contributed by atoms with Crippen molar-refractivity contribution in [2.24, 2.45) is 4.99 Å². The van der Waals surface area contributed by atoms with Crippen molar-refractivity contribution in [3.05, 3.63) is 78.5 Å². The molecule has 1 aliphatic heterocycles. The molecule has 0 N–H and O–H groups in total. The monoisotopic (exact) mass is 554 g/mol. The molecule has 0 unspecified atom stereocenters. The third-order valence-electron chi connectivity index (χ3n) is 6.04. The van der Waals surface area contributed by atoms with Crippen LogP contribution in [0.5, 0.6) is 17.2 Å². The Morgan fingerprint density at radius 1 is 1.08 bits per heavy atom. The third-order valence-corrected chi connectivity index (χ3v) is 7.77. The van der Waals surface area contributed by atoms with E-state index in [4.69, 9.17) is 18.9 Å². The van der Waals surface area contributed by atoms with E-state index in [2.05, 4.69) is 4.99 Å². The second kappa shape index (κ2) is 11.5. The van der Waals surface area contributed by atoms with Crippen LogP contribution in [-0.4, -0.2) is 44.2 Å². The molecule has 0 saturated carbocycles. The Bertz CT molecular complexity index is 1540. The SMILES string of the molecule is COc1cc(OC)c(/C=c2/sc3n(c2=O)[C@@H](c2ccc(SC)cc2)C(C(=O)OC(C)C)=C(C)N=3)c(OC)c1. The number of hydrogen-bond donors (Lipinski definition) is 0. The number of ether oxygens (including phenoxy) is 4. The van der Waals surface area contributed by atoms with Crippen LogP contribution in [-0.2, 0) is 9.53 Å². The van der Waals surface area contributed by atoms with Crippen LogP contribution in [0, 0.1) is 0 Å². The first kappa shape index (κ1) is 27.5. The van der Waals surface area contributed by atoms with Gasteiger partial charge in [0.15, 0.2) is 4.80 Å². The van der Waals surface area contributed by atoms with Crippen molar-refractivity contribution in [1.29, 1.82) is 0 Å². The number of carbonyl (C=O) groups excluding carboxylic acids is 1. The highest BCUT2D eigenvalue weighted by atomic mass is 32.2. The molecular weight excluding hydrogens is 524 g/mol. The summed E-state index contributed by atoms with van der Waals surface area (Å²) in [5.41, 5.74) is 1.96. The fourth-order valence-electron chi connectivity index (χ4n) is 4.27. The van der Waals surface area contributed by atoms with E-state index in [1.807, 2.05) is 30.5 Å². The molecule has 10 heteroatoms. The first-order valence-corrected chi connectivity index (χ1v) is 13.9. The van der Waals surface area contributed by atoms with Crippen molar-refractivity contribution in [1.82, 2.24) is 4.57 Å². The molecule has 0 radical (unpaired) electrons. The van der Waals surface area contributed by atoms with E-state index in [0.717, 1.165) is 10.5 Å². The van der Waals surface area contributed by atoms with E-state index in [0.29, 0.717) is 43.4 Å². The zero-order valence-corrected chi connectivity index (χ0v) is 24.0. The standard InChI is InChI=1S/C28H30N2O6S2/c1-15(2)36-27(32)24-16(3)29-28-30(25(24)17-8-10-19(37-7)11-9-17)26(31)23(38-28)14-20-21(34-5)12-18(33-4)13-22(20)35-6/h8-15,25H,1-7H3/b23-14+/t25-/m0/s1. The van der Waals surface area contributed by atoms with Gasteiger partial charge < -0.3 is 18.9 Å². The van der Waals surface area contributed by atoms with Crippen molar-refractivity contribution in [2.45, 2.75) is 37.8 Å². The summed E-state index contributed by atoms with van der Waals surface area (Å²) >= 11 is 2.86. The normalized spacial score (nSPS) is 15.3. The lowest BCUT2D eigenvalue weighted by molar-refractivity contribution is -0.143. The van der Waals surface area contributed by atoms with Gasteiger partial charge in [0.2, 0.25) is 0 Å². The van der Waals surface area contributed by atoms with E-state index in [1.165, 1.54) is 11.3 Å². The zero-order chi connectivity index (χ0) is 27.6. The second-order valence-corrected chi connectivity index (χ2v) is 10.6. The lowest BCUT2D eigenvalue weighted by atomic mass is 9.96. The van der Waals surface area contributed by atoms with Crippen LogP contribution in [0.25, 0.3) is 6.08 Å². The molecule has 0 saturated heterocycles. The molecule has 38 heavy (non-hydrogen) atoms. The number of carbonyl (C=O) groups is 1. The second-order valence-electron chi connectivity index (χ2n) is 8.75. The van der Waals surface area contributed by atoms with Crippen molar-refractivity contribution in [3.63, 3.8) is 0 Å². The van der Waals surface area contributed by atoms with Crippen molar-refractivity contribution in [2.75, 3.05) is 27.6 Å². The Morgan fingerprint density at radius 3 is 2.24 bits per heavy atom. The summed E-state index contributed by atoms with van der Waals surface area (Å²) in [6.07, 6.45) is 3.40. The number of allylic oxidation sites excluding steroid dienone is 1. The number of thioether (sulfide) groups is 1. The van der Waals surface area contributed by atoms with Gasteiger partial charge in [0.25, 0.3) is 5.56 Å². The van der Waals surface area contributed by atoms with Gasteiger partial charge in [0.05, 0.1) is 54.8 Å². The van der Waals surface area contributed by atoms with Gasteiger partial charge >= 0.3 is 5.97 Å². The summed E-state index contributed by atoms with van der Waals surface area (Å²) in [4.78, 5) is 33.4. The molecule has 200 valence electrons. The summed E-state index contributed by atoms with van der Waals surface area (Å²) in [5.74, 6) is 1.06. The molecule has 8 nitrogen and oxygen atoms in total. The van der Waals surface area contributed by atoms with E-state index in [1.54, 1.807) is 76.6 Å². The Hall–Kier alpha value is -3.50. The van der Waals surface area contributed by atoms with Crippen molar-refractivity contribution >= 4 is 35.1 Å². The number of esters is 1. The predicted molar refractivity (Wildman–Crippen MR) is 149 cm³/mol. The van der Waals surface area contributed by atoms with Gasteiger partial charge in [-0.15, -0.1) is 11.8 Å². The minimum Gasteiger partial charge on any atom is -0.496 e. The van der Waals surface area contributed by atoms with E-state index < -0.39 is 12.0 Å². The Labute approximate surface area is 229 Å². The third kappa shape index (κ3) is 5.23. The lowest BCUT2D eigenvalue weighted by Gasteiger charge is -2.25. The van der Waals surface area contributed by atoms with Crippen LogP contribution in [0.1, 0.15) is 37.9 Å². The number of methoxy groups -OCH3 is 3. The Balaban J connectivity index is 1.97. The number of rotatable bonds is 8. The van der Waals surface area contributed by atoms with Crippen LogP contribution in [0.2, 0.25) is 0 Å². The van der Waals surface area contributed by atoms with Crippen LogP contribution in [0.4, 0.5) is 0 Å². The highest BCUT2D eigenvalue weighted by Crippen LogP contribution is 2.35. The lowest BCUT2D eigenvalue weighted by Crippen LogP contribution is -2.40. The first-order chi connectivity index (χ1) is 18.2. The zero-order valence-electron chi connectivity index (χ0n) is 22.4. The number of nitrogens with zero attached hydrogens (tertiary/aromatic N) is 2. The fraction of sp³-hybridized carbons (Fsp3) is 0.321. The summed E-state index contributed by atoms with van der Waals surface area (Å²) in [7, 11) is 4.64. The summed E-state index contributed by atoms with van der Waals surface area (Å²) < 4.78 is 24.0. The Morgan fingerprint density at radius 2 is 1.71 bits per heavy atom. The fourth-order valence-corrected chi connectivity index (χ4v) is 5.70. The van der Waals surface area contributed by atoms with Gasteiger partial charge in [-0.25, -0.2) is 9.79 Å². The van der Waals surface area contributed by atoms with Gasteiger partial charge in [-0.1, -0.05) is 23.5 Å². The molecule has 0 spiro atoms. The average Bonchev–Trinajstić information content (AvgIpc) is 3.21. The van der Waals surface area contributed by atoms with Crippen LogP contribution >= 0.6 is 23.1 Å². The van der Waals surface area contributed by atoms with Crippen LogP contribution in [0.3, 0.4) is 0 Å². The molecule has 0 fully saturated rings. The smallest absolute Gasteiger partial charge is 0.338 e. The summed E-state index contributed by atoms with van der Waals surface area (Å²) in [6, 6.07) is 10.6. The number of aromatic nitrogens is 1. The molecule has 2 heterocycles. The van der Waals surface area contributed by atoms with Gasteiger partial charge in [-0.3, -0.25) is 9.36 Å². The van der Waals surface area contributed by atoms with Gasteiger partial charge in [-0.05, 0) is 50.8 Å². The minimum atomic E-state index is -0.685. The van der Waals surface area contributed by atoms with E-state index in [-0.39, 0.29) is 11.7 Å². The number of thiazole rings is 1. The maximum atomic E-state index is 13.9. The molecule has 0 bridgehead atoms. The summed E-state index contributed by atoms with van der Waals surface area (Å²) in [5, 5.41) is 0. The molecule has 2 aromatic carbocycles. The maximum absolute atomic E-state index is 13.9. The highest BCUT2D eigenvalue weighted by molar-refractivity contribution is 7.98. The number of benzene rings is 2. The van der Waals surface area contributed by atoms with Crippen LogP contribution < -0.4 is 29.1 Å². The molecule has 0 amide bonds. The van der Waals surface area contributed by atoms with Gasteiger partial charge in [0.1, 0.15) is 17.2 Å². The van der Waals surface area contributed by atoms with Gasteiger partial charge in [-0.2, -0.15) is 0 Å².